The van der Waals surface area contributed by atoms with E-state index in [0.717, 1.165) is 0 Å². The van der Waals surface area contributed by atoms with Crippen LogP contribution < -0.4 is 25.4 Å². The molecule has 0 heterocycles. The Bertz CT molecular complexity index is 2150. The summed E-state index contributed by atoms with van der Waals surface area (Å²) in [6, 6.07) is 10.6. The maximum atomic E-state index is 14.7. The van der Waals surface area contributed by atoms with Gasteiger partial charge in [-0.3, -0.25) is 24.0 Å². The number of halogens is 8. The van der Waals surface area contributed by atoms with Gasteiger partial charge in [0.1, 0.15) is 19.8 Å². The van der Waals surface area contributed by atoms with E-state index < -0.39 is 36.0 Å². The molecule has 0 aromatic heterocycles. The van der Waals surface area contributed by atoms with E-state index in [1.54, 1.807) is 13.8 Å². The summed E-state index contributed by atoms with van der Waals surface area (Å²) in [5.74, 6) is -5.00. The van der Waals surface area contributed by atoms with Crippen LogP contribution in [0.2, 0.25) is 30.1 Å². The van der Waals surface area contributed by atoms with E-state index in [1.165, 1.54) is 48.5 Å². The molecule has 3 amide bonds. The van der Waals surface area contributed by atoms with Gasteiger partial charge in [0, 0.05) is 39.6 Å². The van der Waals surface area contributed by atoms with E-state index in [-0.39, 0.29) is 114 Å². The first kappa shape index (κ1) is 46.8. The lowest BCUT2D eigenvalue weighted by Gasteiger charge is -2.14. The molecule has 0 fully saturated rings. The average molecular weight is 912 g/mol. The zero-order valence-corrected chi connectivity index (χ0v) is 34.2. The lowest BCUT2D eigenvalue weighted by Crippen LogP contribution is -2.29. The van der Waals surface area contributed by atoms with E-state index in [2.05, 4.69) is 16.0 Å². The van der Waals surface area contributed by atoms with Crippen LogP contribution in [-0.2, 0) is 38.8 Å². The highest BCUT2D eigenvalue weighted by atomic mass is 35.5. The second-order valence-corrected chi connectivity index (χ2v) is 14.0. The monoisotopic (exact) mass is 909 g/mol. The van der Waals surface area contributed by atoms with Gasteiger partial charge in [-0.1, -0.05) is 83.5 Å². The fraction of sp³-hybridized carbons (Fsp3) is 0.216. The Balaban J connectivity index is 0.000000307. The van der Waals surface area contributed by atoms with Gasteiger partial charge in [0.15, 0.2) is 23.1 Å². The first-order valence-corrected chi connectivity index (χ1v) is 18.6. The number of carboxylic acids is 2. The molecular weight excluding hydrogens is 881 g/mol. The Morgan fingerprint density at radius 1 is 0.614 bits per heavy atom. The number of hydrogen-bond donors (Lipinski definition) is 5. The summed E-state index contributed by atoms with van der Waals surface area (Å²) in [6.07, 6.45) is 0.101. The molecule has 57 heavy (non-hydrogen) atoms. The quantitative estimate of drug-likeness (QED) is 0.0776. The third kappa shape index (κ3) is 14.1. The van der Waals surface area contributed by atoms with Crippen molar-refractivity contribution in [3.63, 3.8) is 0 Å². The van der Waals surface area contributed by atoms with Crippen LogP contribution in [0.4, 0.5) is 20.2 Å². The van der Waals surface area contributed by atoms with E-state index in [0.29, 0.717) is 5.56 Å². The number of nitrogens with one attached hydrogen (secondary N) is 3. The van der Waals surface area contributed by atoms with Crippen LogP contribution in [0, 0.1) is 11.6 Å². The van der Waals surface area contributed by atoms with Gasteiger partial charge in [0.2, 0.25) is 11.8 Å². The van der Waals surface area contributed by atoms with Gasteiger partial charge in [-0.25, -0.2) is 8.78 Å². The first-order chi connectivity index (χ1) is 26.8. The van der Waals surface area contributed by atoms with E-state index in [1.807, 2.05) is 0 Å². The third-order valence-electron chi connectivity index (χ3n) is 7.23. The number of carbonyl (C=O) groups excluding carboxylic acids is 3. The fourth-order valence-electron chi connectivity index (χ4n) is 4.57. The number of carbonyl (C=O) groups is 5. The van der Waals surface area contributed by atoms with E-state index in [9.17, 15) is 32.8 Å². The molecule has 0 aliphatic carbocycles. The molecule has 304 valence electrons. The molecule has 0 saturated heterocycles. The van der Waals surface area contributed by atoms with Crippen molar-refractivity contribution in [3.8, 4) is 11.5 Å². The molecule has 0 bridgehead atoms. The Kier molecular flexibility index (Phi) is 17.9. The Morgan fingerprint density at radius 3 is 1.39 bits per heavy atom. The van der Waals surface area contributed by atoms with Gasteiger partial charge in [0.05, 0.1) is 37.9 Å². The normalized spacial score (nSPS) is 10.5. The molecule has 4 aromatic carbocycles. The summed E-state index contributed by atoms with van der Waals surface area (Å²) >= 11 is 36.4. The van der Waals surface area contributed by atoms with Crippen molar-refractivity contribution in [2.45, 2.75) is 46.3 Å². The molecule has 12 nitrogen and oxygen atoms in total. The lowest BCUT2D eigenvalue weighted by atomic mass is 10.1. The molecule has 20 heteroatoms. The van der Waals surface area contributed by atoms with Crippen LogP contribution in [0.1, 0.15) is 53.7 Å². The second-order valence-electron chi connectivity index (χ2n) is 11.5. The van der Waals surface area contributed by atoms with Crippen LogP contribution in [-0.4, -0.2) is 46.4 Å². The highest BCUT2D eigenvalue weighted by molar-refractivity contribution is 6.38. The van der Waals surface area contributed by atoms with Gasteiger partial charge in [-0.15, -0.1) is 0 Å². The van der Waals surface area contributed by atoms with Crippen molar-refractivity contribution in [1.82, 2.24) is 5.32 Å². The standard InChI is InChI=1S/C19H16Cl3FN2O5.C18H15Cl3FNO4/c1-2-15(26)25-14-6-11(20)3-10(17(14)23)8-30-18-12(21)4-9(5-13(18)22)19(29)24-7-16(27)28;1-2-15(24)23-14-7-11(19)6-10(17(14)22)8-27-18-12(20)3-9(4-13(18)21)5-16(25)26/h3-6H,2,7-8H2,1H3,(H,24,29)(H,25,26)(H,27,28);3-4,6-7H,2,5,8H2,1H3,(H,23,24)(H,25,26). The SMILES string of the molecule is CCC(=O)Nc1cc(Cl)cc(COc2c(Cl)cc(C(=O)NCC(=O)O)cc2Cl)c1F.CCC(=O)Nc1cc(Cl)cc(COc2c(Cl)cc(CC(=O)O)cc2Cl)c1F. The summed E-state index contributed by atoms with van der Waals surface area (Å²) in [4.78, 5) is 56.3. The molecular formula is C37H31Cl6F2N3O9. The van der Waals surface area contributed by atoms with Gasteiger partial charge in [-0.05, 0) is 54.1 Å². The van der Waals surface area contributed by atoms with Crippen LogP contribution >= 0.6 is 69.6 Å². The van der Waals surface area contributed by atoms with Gasteiger partial charge in [0.25, 0.3) is 5.91 Å². The number of rotatable bonds is 15. The number of hydrogen-bond acceptors (Lipinski definition) is 7. The molecule has 0 aliphatic heterocycles. The van der Waals surface area contributed by atoms with Gasteiger partial charge >= 0.3 is 11.9 Å². The van der Waals surface area contributed by atoms with E-state index in [4.69, 9.17) is 89.3 Å². The number of ether oxygens (including phenoxy) is 2. The fourth-order valence-corrected chi connectivity index (χ4v) is 6.29. The molecule has 0 unspecified atom stereocenters. The van der Waals surface area contributed by atoms with Crippen molar-refractivity contribution in [1.29, 1.82) is 0 Å². The largest absolute Gasteiger partial charge is 0.486 e. The minimum absolute atomic E-state index is 0.00774. The average Bonchev–Trinajstić information content (AvgIpc) is 3.13. The Morgan fingerprint density at radius 2 is 1.02 bits per heavy atom. The minimum Gasteiger partial charge on any atom is -0.486 e. The highest BCUT2D eigenvalue weighted by Crippen LogP contribution is 2.37. The molecule has 0 saturated carbocycles. The van der Waals surface area contributed by atoms with Crippen LogP contribution in [0.15, 0.2) is 48.5 Å². The predicted octanol–water partition coefficient (Wildman–Crippen LogP) is 9.87. The van der Waals surface area contributed by atoms with Crippen LogP contribution in [0.5, 0.6) is 11.5 Å². The number of anilines is 2. The number of carboxylic acid groups (broad SMARTS) is 2. The topological polar surface area (TPSA) is 180 Å². The van der Waals surface area contributed by atoms with Crippen molar-refractivity contribution in [3.05, 3.63) is 113 Å². The zero-order chi connectivity index (χ0) is 42.6. The molecule has 5 N–H and O–H groups in total. The van der Waals surface area contributed by atoms with Crippen molar-refractivity contribution in [2.75, 3.05) is 17.2 Å². The third-order valence-corrected chi connectivity index (χ3v) is 8.79. The summed E-state index contributed by atoms with van der Waals surface area (Å²) in [6.45, 7) is 2.12. The number of amides is 3. The molecule has 0 spiro atoms. The molecule has 0 radical (unpaired) electrons. The Hall–Kier alpha value is -4.57. The van der Waals surface area contributed by atoms with Crippen LogP contribution in [0.3, 0.4) is 0 Å². The van der Waals surface area contributed by atoms with Crippen molar-refractivity contribution >= 4 is 111 Å². The van der Waals surface area contributed by atoms with Crippen LogP contribution in [0.25, 0.3) is 0 Å². The number of aliphatic carboxylic acids is 2. The lowest BCUT2D eigenvalue weighted by molar-refractivity contribution is -0.137. The Labute approximate surface area is 354 Å². The maximum Gasteiger partial charge on any atom is 0.322 e. The number of benzene rings is 4. The maximum absolute atomic E-state index is 14.7. The molecule has 0 aliphatic rings. The van der Waals surface area contributed by atoms with E-state index >= 15 is 0 Å². The molecule has 4 rings (SSSR count). The summed E-state index contributed by atoms with van der Waals surface area (Å²) in [7, 11) is 0. The minimum atomic E-state index is -1.21. The smallest absolute Gasteiger partial charge is 0.322 e. The predicted molar refractivity (Wildman–Crippen MR) is 214 cm³/mol. The molecule has 4 aromatic rings. The molecule has 0 atom stereocenters. The zero-order valence-electron chi connectivity index (χ0n) is 29.6. The van der Waals surface area contributed by atoms with Crippen molar-refractivity contribution < 1.29 is 52.4 Å². The summed E-state index contributed by atoms with van der Waals surface area (Å²) in [5, 5.41) is 25.0. The summed E-state index contributed by atoms with van der Waals surface area (Å²) in [5.41, 5.74) is 0.429. The van der Waals surface area contributed by atoms with Gasteiger partial charge < -0.3 is 35.6 Å². The first-order valence-electron chi connectivity index (χ1n) is 16.3. The van der Waals surface area contributed by atoms with Crippen molar-refractivity contribution in [2.24, 2.45) is 0 Å². The van der Waals surface area contributed by atoms with Gasteiger partial charge in [-0.2, -0.15) is 0 Å². The highest BCUT2D eigenvalue weighted by Gasteiger charge is 2.19. The summed E-state index contributed by atoms with van der Waals surface area (Å²) < 4.78 is 40.2. The second kappa shape index (κ2) is 21.8.